The summed E-state index contributed by atoms with van der Waals surface area (Å²) in [5.74, 6) is -0.508. The van der Waals surface area contributed by atoms with Crippen molar-refractivity contribution in [2.45, 2.75) is 44.9 Å². The molecule has 0 heterocycles. The van der Waals surface area contributed by atoms with E-state index in [1.807, 2.05) is 73.7 Å². The Bertz CT molecular complexity index is 1390. The Labute approximate surface area is 226 Å². The van der Waals surface area contributed by atoms with Gasteiger partial charge in [-0.3, -0.25) is 0 Å². The van der Waals surface area contributed by atoms with E-state index in [0.717, 1.165) is 41.3 Å². The molecule has 0 aliphatic heterocycles. The van der Waals surface area contributed by atoms with E-state index in [9.17, 15) is 18.0 Å². The Kier molecular flexibility index (Phi) is 8.00. The minimum absolute atomic E-state index is 0.00206. The molecule has 0 radical (unpaired) electrons. The smallest absolute Gasteiger partial charge is 0.416 e. The maximum absolute atomic E-state index is 13.8. The highest BCUT2D eigenvalue weighted by molar-refractivity contribution is 5.93. The lowest BCUT2D eigenvalue weighted by Crippen LogP contribution is -2.18. The number of halogens is 3. The summed E-state index contributed by atoms with van der Waals surface area (Å²) in [7, 11) is 0. The molecule has 4 rings (SSSR count). The van der Waals surface area contributed by atoms with Gasteiger partial charge in [-0.1, -0.05) is 87.5 Å². The molecule has 202 valence electrons. The predicted octanol–water partition coefficient (Wildman–Crippen LogP) is 8.71. The van der Waals surface area contributed by atoms with Crippen LogP contribution in [0.4, 0.5) is 18.9 Å². The molecule has 0 fully saturated rings. The monoisotopic (exact) mass is 533 g/mol. The molecule has 4 nitrogen and oxygen atoms in total. The quantitative estimate of drug-likeness (QED) is 0.182. The van der Waals surface area contributed by atoms with Gasteiger partial charge in [-0.25, -0.2) is 4.79 Å². The van der Waals surface area contributed by atoms with Gasteiger partial charge in [-0.15, -0.1) is 0 Å². The van der Waals surface area contributed by atoms with Gasteiger partial charge >= 0.3 is 12.1 Å². The SMILES string of the molecule is CCC(C)(C)c1ccc(Oc2ccc(C(F)(F)F)cc2N)c(C(=O)OC(c2ccccc2)c2ccccc2)c1. The Morgan fingerprint density at radius 3 is 1.85 bits per heavy atom. The van der Waals surface area contributed by atoms with Crippen molar-refractivity contribution in [3.8, 4) is 11.5 Å². The molecular weight excluding hydrogens is 503 g/mol. The predicted molar refractivity (Wildman–Crippen MR) is 146 cm³/mol. The van der Waals surface area contributed by atoms with Crippen LogP contribution in [0, 0.1) is 0 Å². The summed E-state index contributed by atoms with van der Waals surface area (Å²) in [5, 5.41) is 0. The van der Waals surface area contributed by atoms with Crippen LogP contribution in [0.5, 0.6) is 11.5 Å². The zero-order valence-electron chi connectivity index (χ0n) is 22.0. The number of hydrogen-bond donors (Lipinski definition) is 1. The summed E-state index contributed by atoms with van der Waals surface area (Å²) in [6.07, 6.45) is -4.42. The molecule has 0 bridgehead atoms. The highest BCUT2D eigenvalue weighted by atomic mass is 19.4. The molecule has 0 aliphatic rings. The Hall–Kier alpha value is -4.26. The minimum atomic E-state index is -4.54. The molecule has 0 aliphatic carbocycles. The van der Waals surface area contributed by atoms with Crippen LogP contribution in [0.15, 0.2) is 97.1 Å². The van der Waals surface area contributed by atoms with Crippen molar-refractivity contribution in [2.24, 2.45) is 0 Å². The fourth-order valence-electron chi connectivity index (χ4n) is 4.09. The third-order valence-electron chi connectivity index (χ3n) is 6.85. The lowest BCUT2D eigenvalue weighted by atomic mass is 9.81. The number of benzene rings is 4. The van der Waals surface area contributed by atoms with Gasteiger partial charge < -0.3 is 15.2 Å². The summed E-state index contributed by atoms with van der Waals surface area (Å²) in [4.78, 5) is 13.8. The molecule has 0 saturated carbocycles. The number of nitrogen functional groups attached to an aromatic ring is 1. The number of hydrogen-bond acceptors (Lipinski definition) is 4. The molecule has 0 amide bonds. The van der Waals surface area contributed by atoms with Gasteiger partial charge in [0.1, 0.15) is 17.1 Å². The zero-order chi connectivity index (χ0) is 28.2. The van der Waals surface area contributed by atoms with Gasteiger partial charge in [-0.2, -0.15) is 13.2 Å². The number of ether oxygens (including phenoxy) is 2. The maximum Gasteiger partial charge on any atom is 0.416 e. The van der Waals surface area contributed by atoms with E-state index in [1.165, 1.54) is 0 Å². The second-order valence-corrected chi connectivity index (χ2v) is 9.91. The zero-order valence-corrected chi connectivity index (χ0v) is 22.0. The van der Waals surface area contributed by atoms with E-state index in [1.54, 1.807) is 12.1 Å². The lowest BCUT2D eigenvalue weighted by molar-refractivity contribution is -0.137. The number of nitrogens with two attached hydrogens (primary N) is 1. The molecule has 7 heteroatoms. The average Bonchev–Trinajstić information content (AvgIpc) is 2.93. The van der Waals surface area contributed by atoms with Gasteiger partial charge in [-0.05, 0) is 58.9 Å². The first-order valence-corrected chi connectivity index (χ1v) is 12.6. The molecular formula is C32H30F3NO3. The summed E-state index contributed by atoms with van der Waals surface area (Å²) in [6.45, 7) is 6.16. The van der Waals surface area contributed by atoms with Crippen LogP contribution >= 0.6 is 0 Å². The molecule has 2 N–H and O–H groups in total. The number of carbonyl (C=O) groups excluding carboxylic acids is 1. The number of carbonyl (C=O) groups is 1. The van der Waals surface area contributed by atoms with Gasteiger partial charge in [0, 0.05) is 0 Å². The molecule has 0 unspecified atom stereocenters. The number of anilines is 1. The van der Waals surface area contributed by atoms with Crippen molar-refractivity contribution >= 4 is 11.7 Å². The Morgan fingerprint density at radius 2 is 1.33 bits per heavy atom. The Morgan fingerprint density at radius 1 is 0.795 bits per heavy atom. The normalized spacial score (nSPS) is 11.9. The van der Waals surface area contributed by atoms with Crippen molar-refractivity contribution in [3.63, 3.8) is 0 Å². The van der Waals surface area contributed by atoms with Gasteiger partial charge in [0.15, 0.2) is 6.10 Å². The van der Waals surface area contributed by atoms with Crippen molar-refractivity contribution < 1.29 is 27.4 Å². The van der Waals surface area contributed by atoms with Crippen LogP contribution in [0.3, 0.4) is 0 Å². The van der Waals surface area contributed by atoms with E-state index >= 15 is 0 Å². The first-order valence-electron chi connectivity index (χ1n) is 12.6. The summed E-state index contributed by atoms with van der Waals surface area (Å²) < 4.78 is 51.4. The fraction of sp³-hybridized carbons (Fsp3) is 0.219. The van der Waals surface area contributed by atoms with E-state index in [2.05, 4.69) is 13.8 Å². The van der Waals surface area contributed by atoms with E-state index in [0.29, 0.717) is 0 Å². The molecule has 39 heavy (non-hydrogen) atoms. The van der Waals surface area contributed by atoms with E-state index < -0.39 is 23.8 Å². The van der Waals surface area contributed by atoms with E-state index in [-0.39, 0.29) is 28.2 Å². The molecule has 0 saturated heterocycles. The van der Waals surface area contributed by atoms with Crippen LogP contribution in [-0.2, 0) is 16.3 Å². The third kappa shape index (κ3) is 6.42. The fourth-order valence-corrected chi connectivity index (χ4v) is 4.09. The third-order valence-corrected chi connectivity index (χ3v) is 6.85. The summed E-state index contributed by atoms with van der Waals surface area (Å²) >= 11 is 0. The maximum atomic E-state index is 13.8. The van der Waals surface area contributed by atoms with E-state index in [4.69, 9.17) is 15.2 Å². The summed E-state index contributed by atoms with van der Waals surface area (Å²) in [6, 6.07) is 26.8. The van der Waals surface area contributed by atoms with Gasteiger partial charge in [0.25, 0.3) is 0 Å². The standard InChI is InChI=1S/C32H30F3NO3/c1-4-31(2,3)23-15-17-27(38-28-18-16-24(20-26(28)36)32(33,34)35)25(19-23)30(37)39-29(21-11-7-5-8-12-21)22-13-9-6-10-14-22/h5-20,29H,4,36H2,1-3H3. The topological polar surface area (TPSA) is 61.5 Å². The highest BCUT2D eigenvalue weighted by Gasteiger charge is 2.31. The highest BCUT2D eigenvalue weighted by Crippen LogP contribution is 2.38. The van der Waals surface area contributed by atoms with Crippen molar-refractivity contribution in [1.82, 2.24) is 0 Å². The first kappa shape index (κ1) is 27.8. The van der Waals surface area contributed by atoms with Gasteiger partial charge in [0.05, 0.1) is 11.3 Å². The summed E-state index contributed by atoms with van der Waals surface area (Å²) in [5.41, 5.74) is 7.17. The second-order valence-electron chi connectivity index (χ2n) is 9.91. The molecule has 0 aromatic heterocycles. The van der Waals surface area contributed by atoms with Crippen molar-refractivity contribution in [1.29, 1.82) is 0 Å². The van der Waals surface area contributed by atoms with Gasteiger partial charge in [0.2, 0.25) is 0 Å². The minimum Gasteiger partial charge on any atom is -0.454 e. The molecule has 0 spiro atoms. The number of esters is 1. The second kappa shape index (κ2) is 11.2. The van der Waals surface area contributed by atoms with Crippen LogP contribution in [0.25, 0.3) is 0 Å². The van der Waals surface area contributed by atoms with Crippen molar-refractivity contribution in [3.05, 3.63) is 125 Å². The average molecular weight is 534 g/mol. The van der Waals surface area contributed by atoms with Crippen LogP contribution in [0.1, 0.15) is 65.9 Å². The number of rotatable bonds is 8. The Balaban J connectivity index is 1.75. The van der Waals surface area contributed by atoms with Crippen molar-refractivity contribution in [2.75, 3.05) is 5.73 Å². The largest absolute Gasteiger partial charge is 0.454 e. The first-order chi connectivity index (χ1) is 18.5. The van der Waals surface area contributed by atoms with Crippen LogP contribution < -0.4 is 10.5 Å². The molecule has 4 aromatic carbocycles. The van der Waals surface area contributed by atoms with Crippen LogP contribution in [0.2, 0.25) is 0 Å². The van der Waals surface area contributed by atoms with Crippen LogP contribution in [-0.4, -0.2) is 5.97 Å². The molecule has 0 atom stereocenters. The molecule has 4 aromatic rings. The number of alkyl halides is 3. The lowest BCUT2D eigenvalue weighted by Gasteiger charge is -2.25.